The van der Waals surface area contributed by atoms with Gasteiger partial charge in [-0.25, -0.2) is 4.98 Å². The van der Waals surface area contributed by atoms with Crippen LogP contribution < -0.4 is 10.6 Å². The van der Waals surface area contributed by atoms with Crippen LogP contribution >= 0.6 is 11.6 Å². The van der Waals surface area contributed by atoms with E-state index in [1.54, 1.807) is 12.1 Å². The van der Waals surface area contributed by atoms with Gasteiger partial charge >= 0.3 is 0 Å². The molecule has 0 radical (unpaired) electrons. The molecule has 24 heavy (non-hydrogen) atoms. The summed E-state index contributed by atoms with van der Waals surface area (Å²) < 4.78 is 0. The summed E-state index contributed by atoms with van der Waals surface area (Å²) in [4.78, 5) is 30.3. The predicted octanol–water partition coefficient (Wildman–Crippen LogP) is 1.91. The Morgan fingerprint density at radius 2 is 1.96 bits per heavy atom. The first-order chi connectivity index (χ1) is 11.6. The average Bonchev–Trinajstić information content (AvgIpc) is 3.41. The molecule has 2 aliphatic rings. The van der Waals surface area contributed by atoms with Gasteiger partial charge in [0, 0.05) is 25.2 Å². The van der Waals surface area contributed by atoms with Crippen LogP contribution in [0.25, 0.3) is 0 Å². The molecule has 130 valence electrons. The second-order valence-electron chi connectivity index (χ2n) is 6.58. The molecule has 1 saturated heterocycles. The van der Waals surface area contributed by atoms with E-state index in [0.29, 0.717) is 43.3 Å². The average molecular weight is 351 g/mol. The zero-order valence-electron chi connectivity index (χ0n) is 13.6. The van der Waals surface area contributed by atoms with Crippen LogP contribution in [0.4, 0.5) is 5.82 Å². The molecule has 7 heteroatoms. The maximum Gasteiger partial charge on any atom is 0.236 e. The standard InChI is InChI=1S/C17H23ClN4O2/c18-14-3-4-15(20-10-14)21-17(24)13-5-7-22(8-6-13)16(23)11-19-9-12-1-2-12/h3-4,10,12-13,19H,1-2,5-9,11H2,(H,20,21,24). The van der Waals surface area contributed by atoms with Crippen LogP contribution in [0, 0.1) is 11.8 Å². The van der Waals surface area contributed by atoms with Gasteiger partial charge in [0.25, 0.3) is 0 Å². The maximum absolute atomic E-state index is 12.3. The topological polar surface area (TPSA) is 74.3 Å². The zero-order chi connectivity index (χ0) is 16.9. The number of hydrogen-bond donors (Lipinski definition) is 2. The van der Waals surface area contributed by atoms with Gasteiger partial charge in [0.2, 0.25) is 11.8 Å². The van der Waals surface area contributed by atoms with Crippen molar-refractivity contribution < 1.29 is 9.59 Å². The molecule has 1 aliphatic carbocycles. The van der Waals surface area contributed by atoms with E-state index in [4.69, 9.17) is 11.6 Å². The lowest BCUT2D eigenvalue weighted by molar-refractivity contribution is -0.133. The normalized spacial score (nSPS) is 18.5. The monoisotopic (exact) mass is 350 g/mol. The molecular formula is C17H23ClN4O2. The van der Waals surface area contributed by atoms with Gasteiger partial charge in [0.15, 0.2) is 0 Å². The Hall–Kier alpha value is -1.66. The molecule has 6 nitrogen and oxygen atoms in total. The summed E-state index contributed by atoms with van der Waals surface area (Å²) >= 11 is 5.78. The van der Waals surface area contributed by atoms with Crippen molar-refractivity contribution >= 4 is 29.2 Å². The number of rotatable bonds is 6. The number of carbonyl (C=O) groups is 2. The Labute approximate surface area is 147 Å². The number of amides is 2. The quantitative estimate of drug-likeness (QED) is 0.822. The van der Waals surface area contributed by atoms with Crippen LogP contribution in [0.2, 0.25) is 5.02 Å². The molecule has 3 rings (SSSR count). The number of nitrogens with one attached hydrogen (secondary N) is 2. The van der Waals surface area contributed by atoms with Crippen LogP contribution in [0.5, 0.6) is 0 Å². The molecule has 1 saturated carbocycles. The fourth-order valence-electron chi connectivity index (χ4n) is 2.89. The summed E-state index contributed by atoms with van der Waals surface area (Å²) in [5, 5.41) is 6.58. The molecular weight excluding hydrogens is 328 g/mol. The fourth-order valence-corrected chi connectivity index (χ4v) is 3.00. The first-order valence-corrected chi connectivity index (χ1v) is 8.90. The molecule has 0 spiro atoms. The summed E-state index contributed by atoms with van der Waals surface area (Å²) in [5.74, 6) is 1.30. The predicted molar refractivity (Wildman–Crippen MR) is 92.8 cm³/mol. The first-order valence-electron chi connectivity index (χ1n) is 8.53. The van der Waals surface area contributed by atoms with Crippen molar-refractivity contribution in [3.63, 3.8) is 0 Å². The smallest absolute Gasteiger partial charge is 0.236 e. The highest BCUT2D eigenvalue weighted by molar-refractivity contribution is 6.30. The van der Waals surface area contributed by atoms with E-state index in [2.05, 4.69) is 15.6 Å². The van der Waals surface area contributed by atoms with E-state index in [1.165, 1.54) is 19.0 Å². The van der Waals surface area contributed by atoms with Crippen molar-refractivity contribution in [2.45, 2.75) is 25.7 Å². The maximum atomic E-state index is 12.3. The van der Waals surface area contributed by atoms with Crippen molar-refractivity contribution in [1.82, 2.24) is 15.2 Å². The summed E-state index contributed by atoms with van der Waals surface area (Å²) in [6.45, 7) is 2.62. The van der Waals surface area contributed by atoms with E-state index >= 15 is 0 Å². The molecule has 1 aliphatic heterocycles. The molecule has 0 bridgehead atoms. The van der Waals surface area contributed by atoms with Gasteiger partial charge in [-0.15, -0.1) is 0 Å². The van der Waals surface area contributed by atoms with Gasteiger partial charge in [-0.05, 0) is 50.3 Å². The number of pyridine rings is 1. The van der Waals surface area contributed by atoms with E-state index in [9.17, 15) is 9.59 Å². The molecule has 2 fully saturated rings. The number of piperidine rings is 1. The summed E-state index contributed by atoms with van der Waals surface area (Å²) in [7, 11) is 0. The highest BCUT2D eigenvalue weighted by atomic mass is 35.5. The molecule has 0 unspecified atom stereocenters. The third kappa shape index (κ3) is 4.92. The van der Waals surface area contributed by atoms with E-state index in [-0.39, 0.29) is 17.7 Å². The summed E-state index contributed by atoms with van der Waals surface area (Å²) in [6.07, 6.45) is 5.45. The molecule has 0 atom stereocenters. The van der Waals surface area contributed by atoms with Gasteiger partial charge in [-0.3, -0.25) is 9.59 Å². The Bertz CT molecular complexity index is 581. The second kappa shape index (κ2) is 7.94. The van der Waals surface area contributed by atoms with E-state index in [0.717, 1.165) is 12.5 Å². The molecule has 2 heterocycles. The van der Waals surface area contributed by atoms with E-state index in [1.807, 2.05) is 4.90 Å². The number of nitrogens with zero attached hydrogens (tertiary/aromatic N) is 2. The minimum atomic E-state index is -0.0778. The number of likely N-dealkylation sites (tertiary alicyclic amines) is 1. The van der Waals surface area contributed by atoms with Crippen molar-refractivity contribution in [2.24, 2.45) is 11.8 Å². The van der Waals surface area contributed by atoms with Crippen molar-refractivity contribution in [3.05, 3.63) is 23.4 Å². The van der Waals surface area contributed by atoms with Crippen LogP contribution in [0.1, 0.15) is 25.7 Å². The van der Waals surface area contributed by atoms with Gasteiger partial charge < -0.3 is 15.5 Å². The minimum Gasteiger partial charge on any atom is -0.342 e. The molecule has 2 N–H and O–H groups in total. The van der Waals surface area contributed by atoms with Crippen molar-refractivity contribution in [1.29, 1.82) is 0 Å². The first kappa shape index (κ1) is 17.2. The summed E-state index contributed by atoms with van der Waals surface area (Å²) in [6, 6.07) is 3.38. The largest absolute Gasteiger partial charge is 0.342 e. The number of halogens is 1. The second-order valence-corrected chi connectivity index (χ2v) is 7.02. The lowest BCUT2D eigenvalue weighted by Crippen LogP contribution is -2.45. The Morgan fingerprint density at radius 1 is 1.21 bits per heavy atom. The highest BCUT2D eigenvalue weighted by Gasteiger charge is 2.28. The van der Waals surface area contributed by atoms with E-state index < -0.39 is 0 Å². The zero-order valence-corrected chi connectivity index (χ0v) is 14.4. The Kier molecular flexibility index (Phi) is 5.68. The lowest BCUT2D eigenvalue weighted by atomic mass is 9.96. The third-order valence-electron chi connectivity index (χ3n) is 4.60. The van der Waals surface area contributed by atoms with Crippen LogP contribution in [-0.4, -0.2) is 47.9 Å². The van der Waals surface area contributed by atoms with Gasteiger partial charge in [0.05, 0.1) is 11.6 Å². The van der Waals surface area contributed by atoms with Gasteiger partial charge in [0.1, 0.15) is 5.82 Å². The van der Waals surface area contributed by atoms with Crippen LogP contribution in [0.15, 0.2) is 18.3 Å². The Balaban J connectivity index is 1.39. The highest BCUT2D eigenvalue weighted by Crippen LogP contribution is 2.27. The van der Waals surface area contributed by atoms with Gasteiger partial charge in [-0.2, -0.15) is 0 Å². The fraction of sp³-hybridized carbons (Fsp3) is 0.588. The number of aromatic nitrogens is 1. The van der Waals surface area contributed by atoms with Crippen LogP contribution in [0.3, 0.4) is 0 Å². The number of carbonyl (C=O) groups excluding carboxylic acids is 2. The number of hydrogen-bond acceptors (Lipinski definition) is 4. The molecule has 1 aromatic heterocycles. The lowest BCUT2D eigenvalue weighted by Gasteiger charge is -2.31. The molecule has 0 aromatic carbocycles. The Morgan fingerprint density at radius 3 is 2.58 bits per heavy atom. The SMILES string of the molecule is O=C(Nc1ccc(Cl)cn1)C1CCN(C(=O)CNCC2CC2)CC1. The number of anilines is 1. The minimum absolute atomic E-state index is 0.0382. The third-order valence-corrected chi connectivity index (χ3v) is 4.83. The summed E-state index contributed by atoms with van der Waals surface area (Å²) in [5.41, 5.74) is 0. The van der Waals surface area contributed by atoms with Crippen molar-refractivity contribution in [2.75, 3.05) is 31.5 Å². The van der Waals surface area contributed by atoms with Crippen LogP contribution in [-0.2, 0) is 9.59 Å². The van der Waals surface area contributed by atoms with Gasteiger partial charge in [-0.1, -0.05) is 11.6 Å². The molecule has 2 amide bonds. The molecule has 1 aromatic rings. The van der Waals surface area contributed by atoms with Crippen molar-refractivity contribution in [3.8, 4) is 0 Å².